The van der Waals surface area contributed by atoms with Gasteiger partial charge in [0.2, 0.25) is 0 Å². The number of hydrogen-bond acceptors (Lipinski definition) is 4. The molecule has 0 aromatic rings. The molecule has 1 fully saturated rings. The topological polar surface area (TPSA) is 59.0 Å². The Balaban J connectivity index is 2.45. The predicted molar refractivity (Wildman–Crippen MR) is 63.8 cm³/mol. The van der Waals surface area contributed by atoms with Crippen LogP contribution in [0.5, 0.6) is 0 Å². The molecule has 1 heterocycles. The van der Waals surface area contributed by atoms with Gasteiger partial charge in [-0.05, 0) is 26.3 Å². The van der Waals surface area contributed by atoms with Crippen molar-refractivity contribution in [3.05, 3.63) is 12.2 Å². The molecule has 0 bridgehead atoms. The molecule has 0 aromatic heterocycles. The van der Waals surface area contributed by atoms with Crippen LogP contribution in [0.15, 0.2) is 12.2 Å². The zero-order valence-corrected chi connectivity index (χ0v) is 10.9. The smallest absolute Gasteiger partial charge is 0.410 e. The van der Waals surface area contributed by atoms with Gasteiger partial charge in [-0.3, -0.25) is 0 Å². The molecular formula is C12H21NO4. The first kappa shape index (κ1) is 14.0. The van der Waals surface area contributed by atoms with Gasteiger partial charge < -0.3 is 19.5 Å². The molecule has 1 aliphatic heterocycles. The minimum absolute atomic E-state index is 0.212. The lowest BCUT2D eigenvalue weighted by Crippen LogP contribution is -2.65. The second-order valence-corrected chi connectivity index (χ2v) is 5.40. The fourth-order valence-corrected chi connectivity index (χ4v) is 1.57. The molecule has 0 aliphatic carbocycles. The summed E-state index contributed by atoms with van der Waals surface area (Å²) in [7, 11) is 1.54. The van der Waals surface area contributed by atoms with Crippen LogP contribution in [0.1, 0.15) is 20.8 Å². The van der Waals surface area contributed by atoms with Crippen LogP contribution in [0, 0.1) is 0 Å². The molecule has 0 radical (unpaired) electrons. The average molecular weight is 243 g/mol. The summed E-state index contributed by atoms with van der Waals surface area (Å²) >= 11 is 0. The Morgan fingerprint density at radius 2 is 2.00 bits per heavy atom. The Labute approximate surface area is 102 Å². The summed E-state index contributed by atoms with van der Waals surface area (Å²) in [5, 5.41) is 10.1. The highest BCUT2D eigenvalue weighted by atomic mass is 16.6. The summed E-state index contributed by atoms with van der Waals surface area (Å²) in [6.07, 6.45) is -0.410. The molecule has 1 N–H and O–H groups in total. The number of carbonyl (C=O) groups excluding carboxylic acids is 1. The van der Waals surface area contributed by atoms with E-state index in [1.165, 1.54) is 4.90 Å². The quantitative estimate of drug-likeness (QED) is 0.756. The molecule has 1 aliphatic rings. The maximum absolute atomic E-state index is 11.6. The SMILES string of the molecule is C=C(COC)C1(O)CN(C(=O)OC(C)(C)C)C1. The van der Waals surface area contributed by atoms with Crippen LogP contribution in [-0.4, -0.2) is 54.1 Å². The van der Waals surface area contributed by atoms with Crippen molar-refractivity contribution in [2.24, 2.45) is 0 Å². The first-order valence-electron chi connectivity index (χ1n) is 5.55. The van der Waals surface area contributed by atoms with E-state index in [0.717, 1.165) is 0 Å². The first-order valence-corrected chi connectivity index (χ1v) is 5.55. The molecule has 0 unspecified atom stereocenters. The third-order valence-electron chi connectivity index (χ3n) is 2.53. The van der Waals surface area contributed by atoms with E-state index in [0.29, 0.717) is 12.2 Å². The number of amides is 1. The van der Waals surface area contributed by atoms with E-state index in [4.69, 9.17) is 9.47 Å². The predicted octanol–water partition coefficient (Wildman–Crippen LogP) is 1.17. The van der Waals surface area contributed by atoms with Crippen LogP contribution >= 0.6 is 0 Å². The lowest BCUT2D eigenvalue weighted by Gasteiger charge is -2.47. The van der Waals surface area contributed by atoms with Crippen molar-refractivity contribution in [3.8, 4) is 0 Å². The van der Waals surface area contributed by atoms with Crippen LogP contribution in [0.3, 0.4) is 0 Å². The van der Waals surface area contributed by atoms with Crippen molar-refractivity contribution in [1.82, 2.24) is 4.90 Å². The second-order valence-electron chi connectivity index (χ2n) is 5.40. The molecule has 5 nitrogen and oxygen atoms in total. The lowest BCUT2D eigenvalue weighted by atomic mass is 9.87. The van der Waals surface area contributed by atoms with Gasteiger partial charge in [0.05, 0.1) is 19.7 Å². The van der Waals surface area contributed by atoms with Gasteiger partial charge in [-0.25, -0.2) is 4.79 Å². The van der Waals surface area contributed by atoms with Crippen molar-refractivity contribution in [2.75, 3.05) is 26.8 Å². The van der Waals surface area contributed by atoms with E-state index in [2.05, 4.69) is 6.58 Å². The number of carbonyl (C=O) groups is 1. The minimum Gasteiger partial charge on any atom is -0.444 e. The van der Waals surface area contributed by atoms with Gasteiger partial charge >= 0.3 is 6.09 Å². The Hall–Kier alpha value is -1.07. The number of ether oxygens (including phenoxy) is 2. The van der Waals surface area contributed by atoms with Gasteiger partial charge in [0.15, 0.2) is 0 Å². The maximum atomic E-state index is 11.6. The second kappa shape index (κ2) is 4.66. The molecule has 1 rings (SSSR count). The highest BCUT2D eigenvalue weighted by Gasteiger charge is 2.46. The summed E-state index contributed by atoms with van der Waals surface area (Å²) in [5.41, 5.74) is -0.971. The van der Waals surface area contributed by atoms with E-state index in [9.17, 15) is 9.90 Å². The van der Waals surface area contributed by atoms with Crippen LogP contribution in [0.2, 0.25) is 0 Å². The highest BCUT2D eigenvalue weighted by molar-refractivity contribution is 5.70. The molecule has 17 heavy (non-hydrogen) atoms. The number of methoxy groups -OCH3 is 1. The van der Waals surface area contributed by atoms with Crippen molar-refractivity contribution in [1.29, 1.82) is 0 Å². The van der Waals surface area contributed by atoms with E-state index < -0.39 is 17.3 Å². The number of nitrogens with zero attached hydrogens (tertiary/aromatic N) is 1. The summed E-state index contributed by atoms with van der Waals surface area (Å²) < 4.78 is 10.1. The number of likely N-dealkylation sites (tertiary alicyclic amines) is 1. The van der Waals surface area contributed by atoms with Crippen molar-refractivity contribution < 1.29 is 19.4 Å². The monoisotopic (exact) mass is 243 g/mol. The maximum Gasteiger partial charge on any atom is 0.410 e. The molecule has 0 aromatic carbocycles. The molecule has 98 valence electrons. The van der Waals surface area contributed by atoms with Crippen molar-refractivity contribution >= 4 is 6.09 Å². The van der Waals surface area contributed by atoms with Crippen LogP contribution in [-0.2, 0) is 9.47 Å². The van der Waals surface area contributed by atoms with Gasteiger partial charge in [-0.15, -0.1) is 0 Å². The Morgan fingerprint density at radius 1 is 1.47 bits per heavy atom. The highest BCUT2D eigenvalue weighted by Crippen LogP contribution is 2.29. The summed E-state index contributed by atoms with van der Waals surface area (Å²) in [6.45, 7) is 9.89. The van der Waals surface area contributed by atoms with Gasteiger partial charge in [0, 0.05) is 7.11 Å². The molecular weight excluding hydrogens is 222 g/mol. The van der Waals surface area contributed by atoms with Gasteiger partial charge in [-0.2, -0.15) is 0 Å². The third kappa shape index (κ3) is 3.44. The van der Waals surface area contributed by atoms with Crippen molar-refractivity contribution in [3.63, 3.8) is 0 Å². The molecule has 0 spiro atoms. The number of aliphatic hydroxyl groups is 1. The standard InChI is InChI=1S/C12H21NO4/c1-9(6-16-5)12(15)7-13(8-12)10(14)17-11(2,3)4/h15H,1,6-8H2,2-5H3. The lowest BCUT2D eigenvalue weighted by molar-refractivity contribution is -0.0801. The Bertz CT molecular complexity index is 313. The molecule has 0 atom stereocenters. The molecule has 0 saturated carbocycles. The third-order valence-corrected chi connectivity index (χ3v) is 2.53. The minimum atomic E-state index is -1.03. The Morgan fingerprint density at radius 3 is 2.41 bits per heavy atom. The van der Waals surface area contributed by atoms with Crippen LogP contribution in [0.4, 0.5) is 4.79 Å². The van der Waals surface area contributed by atoms with Crippen LogP contribution < -0.4 is 0 Å². The number of β-amino-alcohol motifs (C(OH)–C–C–N with tert-alkyl or cyclic N) is 1. The van der Waals surface area contributed by atoms with Gasteiger partial charge in [0.1, 0.15) is 11.2 Å². The summed E-state index contributed by atoms with van der Waals surface area (Å²) in [4.78, 5) is 13.1. The van der Waals surface area contributed by atoms with Gasteiger partial charge in [-0.1, -0.05) is 6.58 Å². The fraction of sp³-hybridized carbons (Fsp3) is 0.750. The Kier molecular flexibility index (Phi) is 3.84. The fourth-order valence-electron chi connectivity index (χ4n) is 1.57. The van der Waals surface area contributed by atoms with E-state index in [1.54, 1.807) is 27.9 Å². The van der Waals surface area contributed by atoms with E-state index in [1.807, 2.05) is 0 Å². The van der Waals surface area contributed by atoms with Gasteiger partial charge in [0.25, 0.3) is 0 Å². The number of rotatable bonds is 3. The summed E-state index contributed by atoms with van der Waals surface area (Å²) in [5.74, 6) is 0. The van der Waals surface area contributed by atoms with Crippen molar-refractivity contribution in [2.45, 2.75) is 32.0 Å². The molecule has 5 heteroatoms. The normalized spacial score (nSPS) is 18.5. The zero-order valence-electron chi connectivity index (χ0n) is 10.9. The number of hydrogen-bond donors (Lipinski definition) is 1. The summed E-state index contributed by atoms with van der Waals surface area (Å²) in [6, 6.07) is 0. The van der Waals surface area contributed by atoms with E-state index >= 15 is 0 Å². The molecule has 1 amide bonds. The largest absolute Gasteiger partial charge is 0.444 e. The first-order chi connectivity index (χ1) is 7.68. The molecule has 1 saturated heterocycles. The zero-order chi connectivity index (χ0) is 13.3. The van der Waals surface area contributed by atoms with Crippen LogP contribution in [0.25, 0.3) is 0 Å². The van der Waals surface area contributed by atoms with E-state index in [-0.39, 0.29) is 13.1 Å². The average Bonchev–Trinajstić information content (AvgIpc) is 2.10.